The highest BCUT2D eigenvalue weighted by Gasteiger charge is 2.15. The van der Waals surface area contributed by atoms with Gasteiger partial charge in [0.2, 0.25) is 0 Å². The first-order valence-electron chi connectivity index (χ1n) is 5.81. The molecule has 0 amide bonds. The molecule has 94 valence electrons. The summed E-state index contributed by atoms with van der Waals surface area (Å²) in [5.74, 6) is 0.327. The first-order valence-corrected chi connectivity index (χ1v) is 5.81. The standard InChI is InChI=1S/C15H16O3/c1-10(15(16)18-3)12-5-4-11-6-7-14(17-2)9-13(11)8-12/h4-10H,1-3H3. The SMILES string of the molecule is COC(=O)C(C)c1ccc2ccc(OC)cc2c1. The molecule has 0 bridgehead atoms. The maximum atomic E-state index is 11.5. The summed E-state index contributed by atoms with van der Waals surface area (Å²) < 4.78 is 9.96. The summed E-state index contributed by atoms with van der Waals surface area (Å²) in [7, 11) is 3.05. The monoisotopic (exact) mass is 244 g/mol. The molecule has 0 saturated carbocycles. The van der Waals surface area contributed by atoms with Crippen molar-refractivity contribution < 1.29 is 14.3 Å². The van der Waals surface area contributed by atoms with Gasteiger partial charge in [0.25, 0.3) is 0 Å². The first-order chi connectivity index (χ1) is 8.65. The van der Waals surface area contributed by atoms with E-state index in [9.17, 15) is 4.79 Å². The van der Waals surface area contributed by atoms with Crippen LogP contribution in [-0.2, 0) is 9.53 Å². The van der Waals surface area contributed by atoms with Crippen LogP contribution in [0.25, 0.3) is 10.8 Å². The predicted molar refractivity (Wildman–Crippen MR) is 70.9 cm³/mol. The number of carbonyl (C=O) groups excluding carboxylic acids is 1. The topological polar surface area (TPSA) is 35.5 Å². The van der Waals surface area contributed by atoms with E-state index in [1.165, 1.54) is 7.11 Å². The maximum absolute atomic E-state index is 11.5. The van der Waals surface area contributed by atoms with Crippen LogP contribution in [0.15, 0.2) is 36.4 Å². The van der Waals surface area contributed by atoms with Gasteiger partial charge in [0.05, 0.1) is 20.1 Å². The van der Waals surface area contributed by atoms with Crippen molar-refractivity contribution in [3.63, 3.8) is 0 Å². The van der Waals surface area contributed by atoms with Gasteiger partial charge in [0, 0.05) is 0 Å². The van der Waals surface area contributed by atoms with E-state index in [1.54, 1.807) is 7.11 Å². The second kappa shape index (κ2) is 5.08. The average Bonchev–Trinajstić information content (AvgIpc) is 2.44. The van der Waals surface area contributed by atoms with Crippen molar-refractivity contribution in [2.45, 2.75) is 12.8 Å². The highest BCUT2D eigenvalue weighted by Crippen LogP contribution is 2.25. The molecule has 2 rings (SSSR count). The van der Waals surface area contributed by atoms with Crippen LogP contribution >= 0.6 is 0 Å². The Kier molecular flexibility index (Phi) is 3.51. The van der Waals surface area contributed by atoms with E-state index in [4.69, 9.17) is 9.47 Å². The van der Waals surface area contributed by atoms with Crippen molar-refractivity contribution >= 4 is 16.7 Å². The van der Waals surface area contributed by atoms with E-state index in [0.29, 0.717) is 0 Å². The van der Waals surface area contributed by atoms with Crippen molar-refractivity contribution in [2.75, 3.05) is 14.2 Å². The molecular weight excluding hydrogens is 228 g/mol. The second-order valence-corrected chi connectivity index (χ2v) is 4.22. The number of esters is 1. The lowest BCUT2D eigenvalue weighted by atomic mass is 9.98. The van der Waals surface area contributed by atoms with Gasteiger partial charge in [0.1, 0.15) is 5.75 Å². The maximum Gasteiger partial charge on any atom is 0.312 e. The molecular formula is C15H16O3. The molecule has 0 saturated heterocycles. The fourth-order valence-electron chi connectivity index (χ4n) is 1.95. The van der Waals surface area contributed by atoms with Crippen LogP contribution < -0.4 is 4.74 Å². The molecule has 0 radical (unpaired) electrons. The van der Waals surface area contributed by atoms with E-state index in [0.717, 1.165) is 22.1 Å². The molecule has 0 spiro atoms. The summed E-state index contributed by atoms with van der Waals surface area (Å²) in [6.07, 6.45) is 0. The number of rotatable bonds is 3. The minimum absolute atomic E-state index is 0.225. The Hall–Kier alpha value is -2.03. The third-order valence-electron chi connectivity index (χ3n) is 3.13. The molecule has 0 aliphatic carbocycles. The normalized spacial score (nSPS) is 12.2. The molecule has 2 aromatic rings. The van der Waals surface area contributed by atoms with Gasteiger partial charge < -0.3 is 9.47 Å². The van der Waals surface area contributed by atoms with Crippen molar-refractivity contribution in [1.82, 2.24) is 0 Å². The minimum Gasteiger partial charge on any atom is -0.497 e. The van der Waals surface area contributed by atoms with Crippen molar-refractivity contribution in [3.05, 3.63) is 42.0 Å². The van der Waals surface area contributed by atoms with Crippen molar-refractivity contribution in [3.8, 4) is 5.75 Å². The highest BCUT2D eigenvalue weighted by atomic mass is 16.5. The molecule has 2 aromatic carbocycles. The lowest BCUT2D eigenvalue weighted by Gasteiger charge is -2.11. The number of methoxy groups -OCH3 is 2. The molecule has 0 aliphatic rings. The van der Waals surface area contributed by atoms with Crippen LogP contribution in [0.4, 0.5) is 0 Å². The van der Waals surface area contributed by atoms with E-state index in [-0.39, 0.29) is 11.9 Å². The molecule has 0 aromatic heterocycles. The molecule has 0 fully saturated rings. The third-order valence-corrected chi connectivity index (χ3v) is 3.13. The zero-order chi connectivity index (χ0) is 13.1. The Morgan fingerprint density at radius 1 is 1.06 bits per heavy atom. The van der Waals surface area contributed by atoms with Crippen LogP contribution in [0.1, 0.15) is 18.4 Å². The van der Waals surface area contributed by atoms with E-state index in [2.05, 4.69) is 0 Å². The zero-order valence-corrected chi connectivity index (χ0v) is 10.8. The Morgan fingerprint density at radius 2 is 1.78 bits per heavy atom. The summed E-state index contributed by atoms with van der Waals surface area (Å²) >= 11 is 0. The Balaban J connectivity index is 2.45. The summed E-state index contributed by atoms with van der Waals surface area (Å²) in [6.45, 7) is 1.84. The molecule has 1 unspecified atom stereocenters. The molecule has 18 heavy (non-hydrogen) atoms. The van der Waals surface area contributed by atoms with Crippen molar-refractivity contribution in [1.29, 1.82) is 0 Å². The molecule has 0 aliphatic heterocycles. The largest absolute Gasteiger partial charge is 0.497 e. The lowest BCUT2D eigenvalue weighted by molar-refractivity contribution is -0.141. The number of carbonyl (C=O) groups is 1. The fourth-order valence-corrected chi connectivity index (χ4v) is 1.95. The van der Waals surface area contributed by atoms with E-state index >= 15 is 0 Å². The molecule has 0 heterocycles. The van der Waals surface area contributed by atoms with Gasteiger partial charge in [-0.1, -0.05) is 24.3 Å². The Bertz CT molecular complexity index is 575. The molecule has 3 heteroatoms. The van der Waals surface area contributed by atoms with Crippen LogP contribution in [0.5, 0.6) is 5.75 Å². The number of hydrogen-bond acceptors (Lipinski definition) is 3. The van der Waals surface area contributed by atoms with Gasteiger partial charge in [-0.3, -0.25) is 4.79 Å². The van der Waals surface area contributed by atoms with Gasteiger partial charge in [-0.2, -0.15) is 0 Å². The van der Waals surface area contributed by atoms with Gasteiger partial charge >= 0.3 is 5.97 Å². The quantitative estimate of drug-likeness (QED) is 0.778. The Labute approximate surface area is 106 Å². The van der Waals surface area contributed by atoms with Gasteiger partial charge in [0.15, 0.2) is 0 Å². The summed E-state index contributed by atoms with van der Waals surface area (Å²) in [5, 5.41) is 2.18. The van der Waals surface area contributed by atoms with Gasteiger partial charge in [-0.15, -0.1) is 0 Å². The highest BCUT2D eigenvalue weighted by molar-refractivity contribution is 5.86. The summed E-state index contributed by atoms with van der Waals surface area (Å²) in [4.78, 5) is 11.5. The van der Waals surface area contributed by atoms with Crippen LogP contribution in [-0.4, -0.2) is 20.2 Å². The van der Waals surface area contributed by atoms with Crippen molar-refractivity contribution in [2.24, 2.45) is 0 Å². The number of fused-ring (bicyclic) bond motifs is 1. The minimum atomic E-state index is -0.259. The fraction of sp³-hybridized carbons (Fsp3) is 0.267. The molecule has 1 atom stereocenters. The van der Waals surface area contributed by atoms with Crippen LogP contribution in [0, 0.1) is 0 Å². The van der Waals surface area contributed by atoms with Gasteiger partial charge in [-0.05, 0) is 35.4 Å². The smallest absolute Gasteiger partial charge is 0.312 e. The predicted octanol–water partition coefficient (Wildman–Crippen LogP) is 3.12. The van der Waals surface area contributed by atoms with E-state index < -0.39 is 0 Å². The van der Waals surface area contributed by atoms with Gasteiger partial charge in [-0.25, -0.2) is 0 Å². The average molecular weight is 244 g/mol. The second-order valence-electron chi connectivity index (χ2n) is 4.22. The first kappa shape index (κ1) is 12.4. The Morgan fingerprint density at radius 3 is 2.44 bits per heavy atom. The van der Waals surface area contributed by atoms with E-state index in [1.807, 2.05) is 43.3 Å². The summed E-state index contributed by atoms with van der Waals surface area (Å²) in [6, 6.07) is 11.8. The lowest BCUT2D eigenvalue weighted by Crippen LogP contribution is -2.10. The number of ether oxygens (including phenoxy) is 2. The van der Waals surface area contributed by atoms with Crippen LogP contribution in [0.2, 0.25) is 0 Å². The summed E-state index contributed by atoms with van der Waals surface area (Å²) in [5.41, 5.74) is 0.947. The molecule has 3 nitrogen and oxygen atoms in total. The third kappa shape index (κ3) is 2.30. The number of benzene rings is 2. The number of hydrogen-bond donors (Lipinski definition) is 0. The van der Waals surface area contributed by atoms with Crippen LogP contribution in [0.3, 0.4) is 0 Å². The molecule has 0 N–H and O–H groups in total. The zero-order valence-electron chi connectivity index (χ0n) is 10.8.